The molecular weight excluding hydrogens is 390 g/mol. The van der Waals surface area contributed by atoms with Crippen LogP contribution in [-0.2, 0) is 9.53 Å². The summed E-state index contributed by atoms with van der Waals surface area (Å²) in [7, 11) is 1.67. The Morgan fingerprint density at radius 2 is 2.23 bits per heavy atom. The van der Waals surface area contributed by atoms with E-state index in [0.717, 1.165) is 17.1 Å². The average molecular weight is 413 g/mol. The summed E-state index contributed by atoms with van der Waals surface area (Å²) in [6, 6.07) is 5.60. The maximum atomic E-state index is 12.6. The van der Waals surface area contributed by atoms with Crippen LogP contribution < -0.4 is 10.2 Å². The zero-order valence-electron chi connectivity index (χ0n) is 17.4. The van der Waals surface area contributed by atoms with Crippen molar-refractivity contribution in [3.05, 3.63) is 65.7 Å². The lowest BCUT2D eigenvalue weighted by Gasteiger charge is -2.27. The van der Waals surface area contributed by atoms with E-state index in [-0.39, 0.29) is 24.3 Å². The van der Waals surface area contributed by atoms with Crippen LogP contribution in [0.1, 0.15) is 19.8 Å². The van der Waals surface area contributed by atoms with Gasteiger partial charge in [0.05, 0.1) is 37.8 Å². The Kier molecular flexibility index (Phi) is 7.03. The van der Waals surface area contributed by atoms with Crippen LogP contribution in [0.2, 0.25) is 0 Å². The lowest BCUT2D eigenvalue weighted by atomic mass is 9.92. The van der Waals surface area contributed by atoms with Gasteiger partial charge in [0.1, 0.15) is 17.6 Å². The van der Waals surface area contributed by atoms with E-state index in [1.165, 1.54) is 0 Å². The van der Waals surface area contributed by atoms with E-state index in [1.807, 2.05) is 29.2 Å². The lowest BCUT2D eigenvalue weighted by Crippen LogP contribution is -2.28. The molecule has 156 valence electrons. The highest BCUT2D eigenvalue weighted by Crippen LogP contribution is 2.35. The number of aromatic nitrogens is 1. The van der Waals surface area contributed by atoms with Gasteiger partial charge in [-0.1, -0.05) is 25.2 Å². The van der Waals surface area contributed by atoms with Crippen LogP contribution in [0.4, 0.5) is 11.5 Å². The van der Waals surface area contributed by atoms with E-state index in [2.05, 4.69) is 28.1 Å². The molecule has 7 heteroatoms. The molecule has 1 amide bonds. The van der Waals surface area contributed by atoms with Crippen molar-refractivity contribution in [2.45, 2.75) is 25.8 Å². The first-order chi connectivity index (χ1) is 15.1. The quantitative estimate of drug-likeness (QED) is 0.418. The standard InChI is InChI=1S/C24H23N5O2/c1-4-5-8-18(9-6-7-14-25)24(30)28-22-13-10-19(15-26-22)29-16-27-23-17(2)21(31-3)12-11-20(23)29/h1,6,8-13,15-17,23H,5,7H2,2-3H3,(H,26,28,30)/b9-6-,18-8+. The molecule has 2 unspecified atom stereocenters. The molecule has 7 nitrogen and oxygen atoms in total. The Hall–Kier alpha value is -4.10. The van der Waals surface area contributed by atoms with E-state index in [1.54, 1.807) is 43.9 Å². The van der Waals surface area contributed by atoms with Crippen molar-refractivity contribution in [3.63, 3.8) is 0 Å². The van der Waals surface area contributed by atoms with Gasteiger partial charge in [-0.15, -0.1) is 12.3 Å². The number of carbonyl (C=O) groups is 1. The van der Waals surface area contributed by atoms with Gasteiger partial charge in [0.25, 0.3) is 5.91 Å². The van der Waals surface area contributed by atoms with Gasteiger partial charge in [0, 0.05) is 23.6 Å². The number of methoxy groups -OCH3 is 1. The minimum absolute atomic E-state index is 0.00313. The number of amides is 1. The summed E-state index contributed by atoms with van der Waals surface area (Å²) in [6.45, 7) is 2.08. The number of fused-ring (bicyclic) bond motifs is 1. The molecule has 2 atom stereocenters. The van der Waals surface area contributed by atoms with Crippen molar-refractivity contribution in [2.75, 3.05) is 17.3 Å². The molecule has 0 saturated carbocycles. The Bertz CT molecular complexity index is 1060. The minimum Gasteiger partial charge on any atom is -0.501 e. The summed E-state index contributed by atoms with van der Waals surface area (Å²) in [5.41, 5.74) is 2.28. The third-order valence-electron chi connectivity index (χ3n) is 4.98. The van der Waals surface area contributed by atoms with Crippen LogP contribution in [0.3, 0.4) is 0 Å². The number of nitrogens with zero attached hydrogens (tertiary/aromatic N) is 4. The number of hydrogen-bond donors (Lipinski definition) is 1. The largest absolute Gasteiger partial charge is 0.501 e. The van der Waals surface area contributed by atoms with Gasteiger partial charge in [-0.2, -0.15) is 5.26 Å². The third kappa shape index (κ3) is 4.91. The van der Waals surface area contributed by atoms with Crippen LogP contribution in [0.25, 0.3) is 0 Å². The molecule has 0 spiro atoms. The highest BCUT2D eigenvalue weighted by molar-refractivity contribution is 6.05. The van der Waals surface area contributed by atoms with Gasteiger partial charge in [-0.05, 0) is 24.3 Å². The summed E-state index contributed by atoms with van der Waals surface area (Å²) in [5, 5.41) is 11.4. The number of pyridine rings is 1. The monoisotopic (exact) mass is 413 g/mol. The fourth-order valence-corrected chi connectivity index (χ4v) is 3.37. The van der Waals surface area contributed by atoms with Gasteiger partial charge < -0.3 is 15.0 Å². The van der Waals surface area contributed by atoms with Crippen molar-refractivity contribution in [1.29, 1.82) is 5.26 Å². The fraction of sp³-hybridized carbons (Fsp3) is 0.250. The number of nitrogens with one attached hydrogen (secondary N) is 1. The summed E-state index contributed by atoms with van der Waals surface area (Å²) >= 11 is 0. The van der Waals surface area contributed by atoms with Gasteiger partial charge in [0.2, 0.25) is 0 Å². The molecule has 1 aromatic heterocycles. The maximum absolute atomic E-state index is 12.6. The summed E-state index contributed by atoms with van der Waals surface area (Å²) in [6.07, 6.45) is 18.1. The first-order valence-electron chi connectivity index (χ1n) is 9.81. The van der Waals surface area contributed by atoms with Crippen LogP contribution >= 0.6 is 0 Å². The van der Waals surface area contributed by atoms with Gasteiger partial charge in [-0.25, -0.2) is 4.98 Å². The molecule has 2 aliphatic rings. The second-order valence-corrected chi connectivity index (χ2v) is 6.92. The summed E-state index contributed by atoms with van der Waals surface area (Å²) in [4.78, 5) is 23.5. The Morgan fingerprint density at radius 1 is 1.39 bits per heavy atom. The molecule has 2 heterocycles. The number of ether oxygens (including phenoxy) is 1. The van der Waals surface area contributed by atoms with Crippen molar-refractivity contribution in [2.24, 2.45) is 10.9 Å². The number of anilines is 2. The van der Waals surface area contributed by atoms with Crippen molar-refractivity contribution >= 4 is 23.8 Å². The molecule has 3 rings (SSSR count). The lowest BCUT2D eigenvalue weighted by molar-refractivity contribution is -0.112. The van der Waals surface area contributed by atoms with Gasteiger partial charge >= 0.3 is 0 Å². The molecule has 1 aliphatic heterocycles. The van der Waals surface area contributed by atoms with Crippen molar-refractivity contribution in [1.82, 2.24) is 4.98 Å². The predicted molar refractivity (Wildman–Crippen MR) is 121 cm³/mol. The molecule has 0 aromatic carbocycles. The molecule has 31 heavy (non-hydrogen) atoms. The molecule has 1 N–H and O–H groups in total. The van der Waals surface area contributed by atoms with E-state index >= 15 is 0 Å². The molecule has 0 radical (unpaired) electrons. The maximum Gasteiger partial charge on any atom is 0.256 e. The van der Waals surface area contributed by atoms with Crippen LogP contribution in [-0.4, -0.2) is 30.4 Å². The fourth-order valence-electron chi connectivity index (χ4n) is 3.37. The number of rotatable bonds is 7. The number of nitriles is 1. The smallest absolute Gasteiger partial charge is 0.256 e. The zero-order chi connectivity index (χ0) is 22.2. The Balaban J connectivity index is 1.72. The second-order valence-electron chi connectivity index (χ2n) is 6.92. The third-order valence-corrected chi connectivity index (χ3v) is 4.98. The van der Waals surface area contributed by atoms with E-state index in [9.17, 15) is 4.79 Å². The van der Waals surface area contributed by atoms with Crippen molar-refractivity contribution < 1.29 is 9.53 Å². The highest BCUT2D eigenvalue weighted by atomic mass is 16.5. The molecule has 1 aromatic rings. The zero-order valence-corrected chi connectivity index (χ0v) is 17.4. The first kappa shape index (κ1) is 21.6. The normalized spacial score (nSPS) is 19.9. The predicted octanol–water partition coefficient (Wildman–Crippen LogP) is 3.72. The molecule has 1 aliphatic carbocycles. The Labute approximate surface area is 182 Å². The summed E-state index contributed by atoms with van der Waals surface area (Å²) in [5.74, 6) is 3.60. The second kappa shape index (κ2) is 10.1. The SMILES string of the molecule is C#CC/C=C(\C=C/CC#N)C(=O)Nc1ccc(N2C=NC3C2=CC=C(OC)C3C)cn1. The minimum atomic E-state index is -0.339. The van der Waals surface area contributed by atoms with E-state index in [0.29, 0.717) is 17.8 Å². The van der Waals surface area contributed by atoms with Crippen molar-refractivity contribution in [3.8, 4) is 18.4 Å². The average Bonchev–Trinajstić information content (AvgIpc) is 3.22. The van der Waals surface area contributed by atoms with E-state index in [4.69, 9.17) is 16.4 Å². The first-order valence-corrected chi connectivity index (χ1v) is 9.81. The highest BCUT2D eigenvalue weighted by Gasteiger charge is 2.34. The topological polar surface area (TPSA) is 90.6 Å². The van der Waals surface area contributed by atoms with Crippen LogP contribution in [0.15, 0.2) is 70.7 Å². The molecule has 0 saturated heterocycles. The van der Waals surface area contributed by atoms with E-state index < -0.39 is 0 Å². The Morgan fingerprint density at radius 3 is 2.90 bits per heavy atom. The molecule has 0 fully saturated rings. The summed E-state index contributed by atoms with van der Waals surface area (Å²) < 4.78 is 5.42. The van der Waals surface area contributed by atoms with Gasteiger partial charge in [-0.3, -0.25) is 9.79 Å². The number of allylic oxidation sites excluding steroid dienone is 4. The number of carbonyl (C=O) groups excluding carboxylic acids is 1. The number of terminal acetylenes is 1. The number of hydrogen-bond acceptors (Lipinski definition) is 6. The van der Waals surface area contributed by atoms with Gasteiger partial charge in [0.15, 0.2) is 0 Å². The van der Waals surface area contributed by atoms with Crippen LogP contribution in [0, 0.1) is 29.6 Å². The van der Waals surface area contributed by atoms with Crippen LogP contribution in [0.5, 0.6) is 0 Å². The molecule has 0 bridgehead atoms. The molecular formula is C24H23N5O2. The number of aliphatic imine (C=N–C) groups is 1.